The van der Waals surface area contributed by atoms with Gasteiger partial charge in [0.15, 0.2) is 11.5 Å². The molecule has 0 saturated carbocycles. The maximum Gasteiger partial charge on any atom is 0.316 e. The Hall–Kier alpha value is -3.42. The maximum atomic E-state index is 12.3. The summed E-state index contributed by atoms with van der Waals surface area (Å²) in [5.41, 5.74) is 6.69. The Balaban J connectivity index is 2.13. The summed E-state index contributed by atoms with van der Waals surface area (Å²) in [7, 11) is 4.57. The molecule has 0 fully saturated rings. The average molecular weight is 359 g/mol. The Morgan fingerprint density at radius 2 is 1.65 bits per heavy atom. The van der Waals surface area contributed by atoms with Crippen LogP contribution in [0.5, 0.6) is 17.2 Å². The number of hydrogen-bond donors (Lipinski definition) is 3. The monoisotopic (exact) mass is 359 g/mol. The lowest BCUT2D eigenvalue weighted by Crippen LogP contribution is -2.23. The van der Waals surface area contributed by atoms with Gasteiger partial charge in [-0.05, 0) is 35.9 Å². The molecule has 8 nitrogen and oxygen atoms in total. The highest BCUT2D eigenvalue weighted by Gasteiger charge is 2.14. The summed E-state index contributed by atoms with van der Waals surface area (Å²) in [4.78, 5) is 23.3. The van der Waals surface area contributed by atoms with Crippen molar-refractivity contribution in [2.75, 3.05) is 26.6 Å². The normalized spacial score (nSPS) is 9.96. The molecule has 0 bridgehead atoms. The summed E-state index contributed by atoms with van der Waals surface area (Å²) >= 11 is 0. The lowest BCUT2D eigenvalue weighted by atomic mass is 10.1. The van der Waals surface area contributed by atoms with Crippen molar-refractivity contribution in [3.8, 4) is 17.2 Å². The molecular formula is C18H21N3O5. The molecule has 4 N–H and O–H groups in total. The van der Waals surface area contributed by atoms with Crippen LogP contribution in [0.1, 0.15) is 15.9 Å². The number of anilines is 1. The van der Waals surface area contributed by atoms with Crippen molar-refractivity contribution >= 4 is 17.6 Å². The molecule has 8 heteroatoms. The van der Waals surface area contributed by atoms with Crippen molar-refractivity contribution in [3.05, 3.63) is 47.5 Å². The van der Waals surface area contributed by atoms with Crippen molar-refractivity contribution in [1.82, 2.24) is 5.32 Å². The van der Waals surface area contributed by atoms with Crippen LogP contribution in [-0.2, 0) is 6.54 Å². The second-order valence-corrected chi connectivity index (χ2v) is 5.29. The summed E-state index contributed by atoms with van der Waals surface area (Å²) in [6.45, 7) is 0.253. The third-order valence-electron chi connectivity index (χ3n) is 3.57. The Labute approximate surface area is 151 Å². The van der Waals surface area contributed by atoms with Crippen molar-refractivity contribution in [2.45, 2.75) is 6.54 Å². The summed E-state index contributed by atoms with van der Waals surface area (Å²) in [6, 6.07) is 9.28. The van der Waals surface area contributed by atoms with E-state index in [9.17, 15) is 9.59 Å². The summed E-state index contributed by atoms with van der Waals surface area (Å²) in [5.74, 6) is 1.19. The van der Waals surface area contributed by atoms with Gasteiger partial charge in [0.05, 0.1) is 21.3 Å². The third-order valence-corrected chi connectivity index (χ3v) is 3.57. The Kier molecular flexibility index (Phi) is 6.26. The zero-order valence-corrected chi connectivity index (χ0v) is 14.8. The Morgan fingerprint density at radius 3 is 2.19 bits per heavy atom. The number of methoxy groups -OCH3 is 3. The molecule has 2 aromatic rings. The zero-order valence-electron chi connectivity index (χ0n) is 14.8. The van der Waals surface area contributed by atoms with Crippen LogP contribution in [0.4, 0.5) is 10.5 Å². The van der Waals surface area contributed by atoms with Gasteiger partial charge in [-0.25, -0.2) is 4.79 Å². The summed E-state index contributed by atoms with van der Waals surface area (Å²) in [5, 5.41) is 5.23. The van der Waals surface area contributed by atoms with Crippen molar-refractivity contribution < 1.29 is 23.8 Å². The van der Waals surface area contributed by atoms with Crippen LogP contribution in [-0.4, -0.2) is 33.3 Å². The van der Waals surface area contributed by atoms with E-state index in [0.29, 0.717) is 28.5 Å². The smallest absolute Gasteiger partial charge is 0.316 e. The topological polar surface area (TPSA) is 112 Å². The predicted molar refractivity (Wildman–Crippen MR) is 96.9 cm³/mol. The lowest BCUT2D eigenvalue weighted by molar-refractivity contribution is 0.0951. The van der Waals surface area contributed by atoms with E-state index in [1.807, 2.05) is 0 Å². The van der Waals surface area contributed by atoms with Gasteiger partial charge >= 0.3 is 6.03 Å². The maximum absolute atomic E-state index is 12.3. The van der Waals surface area contributed by atoms with Crippen LogP contribution < -0.4 is 30.6 Å². The number of nitrogens with one attached hydrogen (secondary N) is 2. The van der Waals surface area contributed by atoms with Crippen LogP contribution >= 0.6 is 0 Å². The van der Waals surface area contributed by atoms with Gasteiger partial charge < -0.3 is 30.6 Å². The SMILES string of the molecule is COc1cc(CNC(=O)c2cccc(NC(N)=O)c2)cc(OC)c1OC. The number of primary amides is 1. The highest BCUT2D eigenvalue weighted by molar-refractivity contribution is 5.96. The Bertz CT molecular complexity index is 782. The van der Waals surface area contributed by atoms with Gasteiger partial charge in [0.2, 0.25) is 5.75 Å². The predicted octanol–water partition coefficient (Wildman–Crippen LogP) is 2.13. The number of ether oxygens (including phenoxy) is 3. The highest BCUT2D eigenvalue weighted by Crippen LogP contribution is 2.38. The molecule has 0 aliphatic rings. The van der Waals surface area contributed by atoms with Crippen LogP contribution in [0.2, 0.25) is 0 Å². The molecule has 0 unspecified atom stereocenters. The first-order chi connectivity index (χ1) is 12.5. The average Bonchev–Trinajstić information content (AvgIpc) is 2.64. The Morgan fingerprint density at radius 1 is 1.00 bits per heavy atom. The van der Waals surface area contributed by atoms with Crippen LogP contribution in [0, 0.1) is 0 Å². The summed E-state index contributed by atoms with van der Waals surface area (Å²) < 4.78 is 15.9. The van der Waals surface area contributed by atoms with Gasteiger partial charge in [-0.15, -0.1) is 0 Å². The molecular weight excluding hydrogens is 338 g/mol. The lowest BCUT2D eigenvalue weighted by Gasteiger charge is -2.14. The van der Waals surface area contributed by atoms with Crippen molar-refractivity contribution in [3.63, 3.8) is 0 Å². The van der Waals surface area contributed by atoms with E-state index in [1.165, 1.54) is 27.4 Å². The number of hydrogen-bond acceptors (Lipinski definition) is 5. The first kappa shape index (κ1) is 18.9. The van der Waals surface area contributed by atoms with E-state index >= 15 is 0 Å². The van der Waals surface area contributed by atoms with Gasteiger partial charge in [0.25, 0.3) is 5.91 Å². The molecule has 2 aromatic carbocycles. The largest absolute Gasteiger partial charge is 0.493 e. The van der Waals surface area contributed by atoms with E-state index in [2.05, 4.69) is 10.6 Å². The minimum absolute atomic E-state index is 0.253. The van der Waals surface area contributed by atoms with Gasteiger partial charge in [-0.1, -0.05) is 6.07 Å². The fourth-order valence-corrected chi connectivity index (χ4v) is 2.40. The number of benzene rings is 2. The molecule has 2 rings (SSSR count). The fourth-order valence-electron chi connectivity index (χ4n) is 2.40. The molecule has 3 amide bonds. The van der Waals surface area contributed by atoms with Gasteiger partial charge in [-0.3, -0.25) is 4.79 Å². The molecule has 0 saturated heterocycles. The molecule has 0 heterocycles. The minimum atomic E-state index is -0.694. The molecule has 26 heavy (non-hydrogen) atoms. The number of rotatable bonds is 7. The molecule has 0 aliphatic carbocycles. The molecule has 0 aromatic heterocycles. The molecule has 138 valence electrons. The number of nitrogens with two attached hydrogens (primary N) is 1. The van der Waals surface area contributed by atoms with E-state index in [1.54, 1.807) is 30.3 Å². The molecule has 0 spiro atoms. The second kappa shape index (κ2) is 8.61. The molecule has 0 atom stereocenters. The van der Waals surface area contributed by atoms with Crippen LogP contribution in [0.15, 0.2) is 36.4 Å². The second-order valence-electron chi connectivity index (χ2n) is 5.29. The summed E-state index contributed by atoms with van der Waals surface area (Å²) in [6.07, 6.45) is 0. The van der Waals surface area contributed by atoms with Crippen molar-refractivity contribution in [1.29, 1.82) is 0 Å². The number of carbonyl (C=O) groups excluding carboxylic acids is 2. The van der Waals surface area contributed by atoms with Gasteiger partial charge in [-0.2, -0.15) is 0 Å². The highest BCUT2D eigenvalue weighted by atomic mass is 16.5. The van der Waals surface area contributed by atoms with Gasteiger partial charge in [0.1, 0.15) is 0 Å². The number of carbonyl (C=O) groups is 2. The van der Waals surface area contributed by atoms with E-state index < -0.39 is 6.03 Å². The molecule has 0 aliphatic heterocycles. The zero-order chi connectivity index (χ0) is 19.1. The first-order valence-corrected chi connectivity index (χ1v) is 7.72. The van der Waals surface area contributed by atoms with Crippen molar-refractivity contribution in [2.24, 2.45) is 5.73 Å². The van der Waals surface area contributed by atoms with E-state index in [-0.39, 0.29) is 12.5 Å². The fraction of sp³-hybridized carbons (Fsp3) is 0.222. The first-order valence-electron chi connectivity index (χ1n) is 7.72. The minimum Gasteiger partial charge on any atom is -0.493 e. The van der Waals surface area contributed by atoms with Crippen LogP contribution in [0.3, 0.4) is 0 Å². The van der Waals surface area contributed by atoms with Crippen LogP contribution in [0.25, 0.3) is 0 Å². The van der Waals surface area contributed by atoms with E-state index in [0.717, 1.165) is 5.56 Å². The number of urea groups is 1. The standard InChI is InChI=1S/C18H21N3O5/c1-24-14-7-11(8-15(25-2)16(14)26-3)10-20-17(22)12-5-4-6-13(9-12)21-18(19)23/h4-9H,10H2,1-3H3,(H,20,22)(H3,19,21,23). The number of amides is 3. The van der Waals surface area contributed by atoms with Gasteiger partial charge in [0, 0.05) is 17.8 Å². The molecule has 0 radical (unpaired) electrons. The third kappa shape index (κ3) is 4.56. The quantitative estimate of drug-likeness (QED) is 0.701. The van der Waals surface area contributed by atoms with E-state index in [4.69, 9.17) is 19.9 Å².